The van der Waals surface area contributed by atoms with Crippen LogP contribution in [-0.2, 0) is 4.79 Å². The fraction of sp³-hybridized carbons (Fsp3) is 0.333. The molecule has 1 heterocycles. The van der Waals surface area contributed by atoms with E-state index in [2.05, 4.69) is 0 Å². The van der Waals surface area contributed by atoms with E-state index in [1.807, 2.05) is 0 Å². The maximum Gasteiger partial charge on any atom is 0.420 e. The highest BCUT2D eigenvalue weighted by Crippen LogP contribution is 2.23. The van der Waals surface area contributed by atoms with E-state index < -0.39 is 17.8 Å². The molecule has 0 bridgehead atoms. The normalized spacial score (nSPS) is 12.6. The third kappa shape index (κ3) is 1.85. The summed E-state index contributed by atoms with van der Waals surface area (Å²) in [4.78, 5) is 22.9. The van der Waals surface area contributed by atoms with Gasteiger partial charge in [0.05, 0.1) is 12.6 Å². The maximum atomic E-state index is 11.7. The van der Waals surface area contributed by atoms with E-state index in [9.17, 15) is 9.59 Å². The van der Waals surface area contributed by atoms with Gasteiger partial charge in [0.1, 0.15) is 11.8 Å². The van der Waals surface area contributed by atoms with Crippen molar-refractivity contribution in [3.63, 3.8) is 0 Å². The van der Waals surface area contributed by atoms with Crippen LogP contribution < -0.4 is 10.5 Å². The van der Waals surface area contributed by atoms with Gasteiger partial charge in [-0.05, 0) is 18.6 Å². The summed E-state index contributed by atoms with van der Waals surface area (Å²) in [5, 5.41) is 9.12. The van der Waals surface area contributed by atoms with E-state index in [0.717, 1.165) is 4.57 Å². The zero-order valence-corrected chi connectivity index (χ0v) is 10.0. The molecule has 0 aliphatic carbocycles. The Balaban J connectivity index is 2.71. The smallest absolute Gasteiger partial charge is 0.420 e. The Bertz CT molecular complexity index is 639. The molecule has 0 fully saturated rings. The average molecular weight is 251 g/mol. The van der Waals surface area contributed by atoms with E-state index in [4.69, 9.17) is 14.3 Å². The summed E-state index contributed by atoms with van der Waals surface area (Å²) in [6, 6.07) is 3.88. The van der Waals surface area contributed by atoms with Crippen molar-refractivity contribution in [2.45, 2.75) is 19.4 Å². The molecular weight excluding hydrogens is 238 g/mol. The van der Waals surface area contributed by atoms with Gasteiger partial charge < -0.3 is 14.3 Å². The van der Waals surface area contributed by atoms with Gasteiger partial charge in [0.25, 0.3) is 0 Å². The number of benzene rings is 1. The zero-order chi connectivity index (χ0) is 13.3. The number of aliphatic carboxylic acids is 1. The molecule has 96 valence electrons. The van der Waals surface area contributed by atoms with E-state index in [1.54, 1.807) is 25.1 Å². The number of aromatic nitrogens is 1. The number of carboxylic acid groups (broad SMARTS) is 1. The summed E-state index contributed by atoms with van der Waals surface area (Å²) in [7, 11) is 1.50. The fourth-order valence-corrected chi connectivity index (χ4v) is 1.90. The van der Waals surface area contributed by atoms with Crippen LogP contribution in [0.15, 0.2) is 27.4 Å². The van der Waals surface area contributed by atoms with Crippen molar-refractivity contribution in [3.8, 4) is 5.75 Å². The number of ether oxygens (including phenoxy) is 1. The predicted molar refractivity (Wildman–Crippen MR) is 64.0 cm³/mol. The minimum atomic E-state index is -1.06. The molecule has 0 radical (unpaired) electrons. The van der Waals surface area contributed by atoms with Gasteiger partial charge in [0, 0.05) is 6.07 Å². The molecular formula is C12H13NO5. The van der Waals surface area contributed by atoms with Crippen LogP contribution in [0.1, 0.15) is 19.4 Å². The van der Waals surface area contributed by atoms with Gasteiger partial charge in [0.15, 0.2) is 5.58 Å². The summed E-state index contributed by atoms with van der Waals surface area (Å²) in [5.74, 6) is -1.20. The Morgan fingerprint density at radius 1 is 1.56 bits per heavy atom. The molecule has 1 aromatic carbocycles. The van der Waals surface area contributed by atoms with Crippen LogP contribution in [0.2, 0.25) is 0 Å². The summed E-state index contributed by atoms with van der Waals surface area (Å²) in [5.41, 5.74) is 0.772. The van der Waals surface area contributed by atoms with Crippen molar-refractivity contribution >= 4 is 17.1 Å². The first-order valence-corrected chi connectivity index (χ1v) is 5.50. The van der Waals surface area contributed by atoms with E-state index in [-0.39, 0.29) is 0 Å². The lowest BCUT2D eigenvalue weighted by atomic mass is 10.2. The molecule has 1 atom stereocenters. The van der Waals surface area contributed by atoms with Gasteiger partial charge in [-0.25, -0.2) is 9.59 Å². The minimum absolute atomic E-state index is 0.293. The zero-order valence-electron chi connectivity index (χ0n) is 10.0. The Hall–Kier alpha value is -2.24. The molecule has 0 amide bonds. The summed E-state index contributed by atoms with van der Waals surface area (Å²) < 4.78 is 11.2. The van der Waals surface area contributed by atoms with Crippen LogP contribution in [0.3, 0.4) is 0 Å². The fourth-order valence-electron chi connectivity index (χ4n) is 1.90. The first-order chi connectivity index (χ1) is 8.58. The van der Waals surface area contributed by atoms with Crippen molar-refractivity contribution < 1.29 is 19.1 Å². The lowest BCUT2D eigenvalue weighted by Gasteiger charge is -2.10. The first-order valence-electron chi connectivity index (χ1n) is 5.50. The number of methoxy groups -OCH3 is 1. The Morgan fingerprint density at radius 3 is 2.83 bits per heavy atom. The molecule has 0 saturated carbocycles. The van der Waals surface area contributed by atoms with Gasteiger partial charge in [0.2, 0.25) is 0 Å². The lowest BCUT2D eigenvalue weighted by molar-refractivity contribution is -0.141. The monoisotopic (exact) mass is 251 g/mol. The minimum Gasteiger partial charge on any atom is -0.497 e. The molecule has 6 nitrogen and oxygen atoms in total. The molecule has 1 unspecified atom stereocenters. The van der Waals surface area contributed by atoms with Crippen LogP contribution in [0, 0.1) is 0 Å². The Labute approximate surface area is 102 Å². The summed E-state index contributed by atoms with van der Waals surface area (Å²) in [6.45, 7) is 1.70. The molecule has 0 spiro atoms. The molecule has 1 N–H and O–H groups in total. The van der Waals surface area contributed by atoms with Crippen LogP contribution in [-0.4, -0.2) is 22.8 Å². The highest BCUT2D eigenvalue weighted by molar-refractivity contribution is 5.79. The SMILES string of the molecule is CCC(C(=O)O)n1c(=O)oc2ccc(OC)cc21. The van der Waals surface area contributed by atoms with E-state index in [1.165, 1.54) is 7.11 Å². The molecule has 2 aromatic rings. The molecule has 0 aliphatic heterocycles. The van der Waals surface area contributed by atoms with Gasteiger partial charge in [-0.15, -0.1) is 0 Å². The number of hydrogen-bond donors (Lipinski definition) is 1. The predicted octanol–water partition coefficient (Wildman–Crippen LogP) is 1.64. The Kier molecular flexibility index (Phi) is 3.10. The number of hydrogen-bond acceptors (Lipinski definition) is 4. The topological polar surface area (TPSA) is 81.7 Å². The number of oxazole rings is 1. The highest BCUT2D eigenvalue weighted by Gasteiger charge is 2.23. The lowest BCUT2D eigenvalue weighted by Crippen LogP contribution is -2.26. The largest absolute Gasteiger partial charge is 0.497 e. The second-order valence-corrected chi connectivity index (χ2v) is 3.83. The van der Waals surface area contributed by atoms with Crippen molar-refractivity contribution in [3.05, 3.63) is 28.7 Å². The summed E-state index contributed by atoms with van der Waals surface area (Å²) in [6.07, 6.45) is 0.293. The van der Waals surface area contributed by atoms with Gasteiger partial charge in [-0.2, -0.15) is 0 Å². The van der Waals surface area contributed by atoms with E-state index in [0.29, 0.717) is 23.3 Å². The number of fused-ring (bicyclic) bond motifs is 1. The molecule has 18 heavy (non-hydrogen) atoms. The van der Waals surface area contributed by atoms with Crippen molar-refractivity contribution in [2.24, 2.45) is 0 Å². The van der Waals surface area contributed by atoms with Crippen LogP contribution in [0.5, 0.6) is 5.75 Å². The van der Waals surface area contributed by atoms with E-state index >= 15 is 0 Å². The Morgan fingerprint density at radius 2 is 2.28 bits per heavy atom. The average Bonchev–Trinajstić information content (AvgIpc) is 2.66. The van der Waals surface area contributed by atoms with Gasteiger partial charge in [-0.3, -0.25) is 4.57 Å². The molecule has 2 rings (SSSR count). The maximum absolute atomic E-state index is 11.7. The molecule has 1 aromatic heterocycles. The summed E-state index contributed by atoms with van der Waals surface area (Å²) >= 11 is 0. The third-order valence-corrected chi connectivity index (χ3v) is 2.80. The third-order valence-electron chi connectivity index (χ3n) is 2.80. The van der Waals surface area contributed by atoms with Gasteiger partial charge in [-0.1, -0.05) is 6.92 Å². The second kappa shape index (κ2) is 4.56. The number of carbonyl (C=O) groups is 1. The number of rotatable bonds is 4. The van der Waals surface area contributed by atoms with Gasteiger partial charge >= 0.3 is 11.7 Å². The van der Waals surface area contributed by atoms with Crippen molar-refractivity contribution in [1.82, 2.24) is 4.57 Å². The second-order valence-electron chi connectivity index (χ2n) is 3.83. The van der Waals surface area contributed by atoms with Crippen molar-refractivity contribution in [2.75, 3.05) is 7.11 Å². The first kappa shape index (κ1) is 12.2. The van der Waals surface area contributed by atoms with Crippen LogP contribution >= 0.6 is 0 Å². The standard InChI is InChI=1S/C12H13NO5/c1-3-8(11(14)15)13-9-6-7(17-2)4-5-10(9)18-12(13)16/h4-6,8H,3H2,1-2H3,(H,14,15). The van der Waals surface area contributed by atoms with Crippen LogP contribution in [0.25, 0.3) is 11.1 Å². The molecule has 0 aliphatic rings. The highest BCUT2D eigenvalue weighted by atomic mass is 16.5. The number of carboxylic acids is 1. The molecule has 0 saturated heterocycles. The van der Waals surface area contributed by atoms with Crippen molar-refractivity contribution in [1.29, 1.82) is 0 Å². The number of nitrogens with zero attached hydrogens (tertiary/aromatic N) is 1. The quantitative estimate of drug-likeness (QED) is 0.893. The van der Waals surface area contributed by atoms with Crippen LogP contribution in [0.4, 0.5) is 0 Å². The molecule has 6 heteroatoms.